The van der Waals surface area contributed by atoms with Gasteiger partial charge in [0.25, 0.3) is 5.91 Å². The van der Waals surface area contributed by atoms with Gasteiger partial charge in [0.15, 0.2) is 0 Å². The average molecular weight is 615 g/mol. The fourth-order valence-corrected chi connectivity index (χ4v) is 5.94. The Bertz CT molecular complexity index is 1650. The van der Waals surface area contributed by atoms with Gasteiger partial charge in [0.05, 0.1) is 46.8 Å². The van der Waals surface area contributed by atoms with Gasteiger partial charge in [-0.25, -0.2) is 9.97 Å². The third-order valence-electron chi connectivity index (χ3n) is 7.95. The predicted molar refractivity (Wildman–Crippen MR) is 169 cm³/mol. The summed E-state index contributed by atoms with van der Waals surface area (Å²) in [7, 11) is 2.15. The molecule has 2 aliphatic heterocycles. The number of methoxy groups -OCH3 is 1. The Morgan fingerprint density at radius 2 is 2.09 bits per heavy atom. The van der Waals surface area contributed by atoms with Crippen molar-refractivity contribution >= 4 is 55.5 Å². The fraction of sp³-hybridized carbons (Fsp3) is 0.345. The molecule has 0 spiro atoms. The van der Waals surface area contributed by atoms with Crippen molar-refractivity contribution in [3.8, 4) is 23.1 Å². The van der Waals surface area contributed by atoms with E-state index in [-0.39, 0.29) is 28.5 Å². The number of halogens is 1. The number of fused-ring (bicyclic) bond motifs is 1. The molecule has 1 radical (unpaired) electrons. The van der Waals surface area contributed by atoms with Crippen LogP contribution in [0.1, 0.15) is 35.3 Å². The lowest BCUT2D eigenvalue weighted by atomic mass is 9.84. The lowest BCUT2D eigenvalue weighted by Crippen LogP contribution is -2.43. The molecule has 1 amide bonds. The Balaban J connectivity index is 1.40. The number of carbonyl (C=O) groups is 2. The van der Waals surface area contributed by atoms with E-state index < -0.39 is 25.1 Å². The summed E-state index contributed by atoms with van der Waals surface area (Å²) >= 11 is 6.53. The van der Waals surface area contributed by atoms with E-state index in [0.717, 1.165) is 5.56 Å². The van der Waals surface area contributed by atoms with Gasteiger partial charge in [0.1, 0.15) is 18.0 Å². The maximum atomic E-state index is 13.1. The van der Waals surface area contributed by atoms with Crippen LogP contribution in [0.25, 0.3) is 11.3 Å². The van der Waals surface area contributed by atoms with Gasteiger partial charge >= 0.3 is 14.5 Å². The second-order valence-electron chi connectivity index (χ2n) is 11.5. The number of benzene rings is 2. The molecule has 2 atom stereocenters. The highest BCUT2D eigenvalue weighted by atomic mass is 35.5. The number of hydrogen-bond donors (Lipinski definition) is 4. The minimum Gasteiger partial charge on any atom is -0.495 e. The largest absolute Gasteiger partial charge is 0.495 e. The van der Waals surface area contributed by atoms with Gasteiger partial charge in [-0.3, -0.25) is 4.79 Å². The molecule has 1 aromatic heterocycles. The average Bonchev–Trinajstić information content (AvgIpc) is 3.48. The van der Waals surface area contributed by atoms with Crippen LogP contribution >= 0.6 is 11.6 Å². The molecule has 3 heterocycles. The molecule has 3 aromatic rings. The van der Waals surface area contributed by atoms with Gasteiger partial charge in [0, 0.05) is 42.5 Å². The van der Waals surface area contributed by atoms with E-state index in [1.807, 2.05) is 6.07 Å². The smallest absolute Gasteiger partial charge is 0.376 e. The van der Waals surface area contributed by atoms with Crippen molar-refractivity contribution in [3.05, 3.63) is 58.2 Å². The van der Waals surface area contributed by atoms with Crippen molar-refractivity contribution in [2.24, 2.45) is 0 Å². The first-order valence-corrected chi connectivity index (χ1v) is 14.4. The third kappa shape index (κ3) is 6.09. The van der Waals surface area contributed by atoms with Crippen LogP contribution < -0.4 is 20.2 Å². The van der Waals surface area contributed by atoms with Gasteiger partial charge in [-0.2, -0.15) is 5.26 Å². The normalized spacial score (nSPS) is 18.7. The number of nitriles is 1. The van der Waals surface area contributed by atoms with E-state index in [9.17, 15) is 25.0 Å². The monoisotopic (exact) mass is 614 g/mol. The predicted octanol–water partition coefficient (Wildman–Crippen LogP) is 2.21. The molecule has 5 rings (SSSR count). The van der Waals surface area contributed by atoms with Crippen molar-refractivity contribution in [2.45, 2.75) is 38.2 Å². The number of amides is 1. The van der Waals surface area contributed by atoms with Crippen molar-refractivity contribution in [2.75, 3.05) is 36.9 Å². The van der Waals surface area contributed by atoms with Crippen LogP contribution in [0.15, 0.2) is 36.5 Å². The van der Waals surface area contributed by atoms with Crippen LogP contribution in [0, 0.1) is 11.3 Å². The molecule has 0 aliphatic carbocycles. The molecule has 2 aliphatic rings. The second-order valence-corrected chi connectivity index (χ2v) is 11.9. The molecule has 2 aromatic carbocycles. The molecule has 12 nitrogen and oxygen atoms in total. The number of aromatic nitrogens is 2. The Hall–Kier alpha value is -4.15. The summed E-state index contributed by atoms with van der Waals surface area (Å²) in [4.78, 5) is 36.8. The number of ether oxygens (including phenoxy) is 1. The van der Waals surface area contributed by atoms with Gasteiger partial charge in [0.2, 0.25) is 5.95 Å². The molecule has 15 heteroatoms. The molecule has 0 bridgehead atoms. The van der Waals surface area contributed by atoms with Gasteiger partial charge < -0.3 is 39.9 Å². The molecular formula is C29H31B2ClN7O5. The zero-order chi connectivity index (χ0) is 31.8. The van der Waals surface area contributed by atoms with E-state index in [1.165, 1.54) is 26.7 Å². The van der Waals surface area contributed by atoms with Crippen LogP contribution in [0.3, 0.4) is 0 Å². The van der Waals surface area contributed by atoms with Gasteiger partial charge in [-0.1, -0.05) is 25.4 Å². The highest BCUT2D eigenvalue weighted by molar-refractivity contribution is 6.70. The van der Waals surface area contributed by atoms with E-state index in [4.69, 9.17) is 16.3 Å². The van der Waals surface area contributed by atoms with Crippen LogP contribution in [0.5, 0.6) is 5.75 Å². The van der Waals surface area contributed by atoms with Crippen LogP contribution in [0.2, 0.25) is 11.8 Å². The number of aliphatic hydroxyl groups excluding tert-OH is 1. The standard InChI is InChI=1S/C29H31B2ClN7O5/c1-29(2)14-39(30-15-40)26-17(11-33)7-16(8-19(26)29)21-5-6-34-28(36-21)37-22-10-20(32)18(9-25(22)44-4)27(42)35-23-12-38(31(3)43)13-24(23)41/h5-10,15,23-24,41,43H,12-14H2,1-4H3,(H,35,42)(H,34,36,37). The van der Waals surface area contributed by atoms with Crippen molar-refractivity contribution < 1.29 is 24.5 Å². The number of nitrogens with zero attached hydrogens (tertiary/aromatic N) is 5. The van der Waals surface area contributed by atoms with E-state index >= 15 is 0 Å². The zero-order valence-electron chi connectivity index (χ0n) is 24.7. The summed E-state index contributed by atoms with van der Waals surface area (Å²) in [5, 5.41) is 36.1. The highest BCUT2D eigenvalue weighted by Gasteiger charge is 2.38. The summed E-state index contributed by atoms with van der Waals surface area (Å²) < 4.78 is 5.54. The zero-order valence-corrected chi connectivity index (χ0v) is 25.5. The second kappa shape index (κ2) is 12.5. The van der Waals surface area contributed by atoms with Crippen LogP contribution in [-0.2, 0) is 10.2 Å². The number of carbonyl (C=O) groups excluding carboxylic acids is 2. The molecule has 4 N–H and O–H groups in total. The number of aliphatic hydroxyl groups is 1. The number of hydrogen-bond acceptors (Lipinski definition) is 11. The Morgan fingerprint density at radius 3 is 2.75 bits per heavy atom. The SMILES string of the molecule is COc1cc(C(=O)NC2CN(B(C)O)CC2O)c(Cl)cc1Nc1nccc(-c2cc(C#N)c3c(c2)C(C)(C)CN3[B]C=O)n1. The third-order valence-corrected chi connectivity index (χ3v) is 8.26. The Kier molecular flexibility index (Phi) is 8.85. The maximum Gasteiger partial charge on any atom is 0.376 e. The summed E-state index contributed by atoms with van der Waals surface area (Å²) in [6.45, 7) is 6.80. The molecule has 2 unspecified atom stereocenters. The van der Waals surface area contributed by atoms with Crippen molar-refractivity contribution in [3.63, 3.8) is 0 Å². The van der Waals surface area contributed by atoms with Crippen molar-refractivity contribution in [1.29, 1.82) is 5.26 Å². The number of nitrogens with one attached hydrogen (secondary N) is 2. The molecule has 44 heavy (non-hydrogen) atoms. The van der Waals surface area contributed by atoms with Crippen LogP contribution in [-0.4, -0.2) is 90.4 Å². The van der Waals surface area contributed by atoms with Crippen molar-refractivity contribution in [1.82, 2.24) is 20.1 Å². The van der Waals surface area contributed by atoms with E-state index in [0.29, 0.717) is 53.2 Å². The minimum atomic E-state index is -0.839. The quantitative estimate of drug-likeness (QED) is 0.206. The fourth-order valence-electron chi connectivity index (χ4n) is 5.69. The number of anilines is 3. The first-order valence-electron chi connectivity index (χ1n) is 14.0. The van der Waals surface area contributed by atoms with Gasteiger partial charge in [-0.15, -0.1) is 0 Å². The molecule has 225 valence electrons. The lowest BCUT2D eigenvalue weighted by Gasteiger charge is -2.20. The Morgan fingerprint density at radius 1 is 1.32 bits per heavy atom. The molecular weight excluding hydrogens is 583 g/mol. The number of rotatable bonds is 9. The minimum absolute atomic E-state index is 0.137. The summed E-state index contributed by atoms with van der Waals surface area (Å²) in [6, 6.07) is 10.2. The molecule has 0 saturated carbocycles. The lowest BCUT2D eigenvalue weighted by molar-refractivity contribution is 0.0888. The summed E-state index contributed by atoms with van der Waals surface area (Å²) in [5.41, 5.74) is 3.62. The summed E-state index contributed by atoms with van der Waals surface area (Å²) in [6.07, 6.45) is 1.46. The van der Waals surface area contributed by atoms with E-state index in [1.54, 1.807) is 34.8 Å². The summed E-state index contributed by atoms with van der Waals surface area (Å²) in [5.74, 6) is 0.0472. The van der Waals surface area contributed by atoms with Crippen LogP contribution in [0.4, 0.5) is 17.3 Å². The van der Waals surface area contributed by atoms with E-state index in [2.05, 4.69) is 40.5 Å². The van der Waals surface area contributed by atoms with Gasteiger partial charge in [-0.05, 0) is 42.7 Å². The Labute approximate surface area is 261 Å². The molecule has 1 fully saturated rings. The molecule has 1 saturated heterocycles. The topological polar surface area (TPSA) is 164 Å². The first-order chi connectivity index (χ1) is 20.9. The number of β-amino-alcohol motifs (C(OH)–C–C–N with tert-alkyl or cyclic N) is 1. The highest BCUT2D eigenvalue weighted by Crippen LogP contribution is 2.44. The first kappa shape index (κ1) is 31.3. The maximum absolute atomic E-state index is 13.1.